The molecule has 1 amide bonds. The predicted molar refractivity (Wildman–Crippen MR) is 72.2 cm³/mol. The van der Waals surface area contributed by atoms with Crippen LogP contribution in [0.5, 0.6) is 0 Å². The lowest BCUT2D eigenvalue weighted by molar-refractivity contribution is -0.384. The van der Waals surface area contributed by atoms with Crippen LogP contribution in [-0.4, -0.2) is 10.8 Å². The summed E-state index contributed by atoms with van der Waals surface area (Å²) in [4.78, 5) is 22.0. The fourth-order valence-corrected chi connectivity index (χ4v) is 1.67. The number of carbonyl (C=O) groups excluding carboxylic acids is 1. The fourth-order valence-electron chi connectivity index (χ4n) is 1.67. The summed E-state index contributed by atoms with van der Waals surface area (Å²) >= 11 is 0. The minimum atomic E-state index is -0.897. The van der Waals surface area contributed by atoms with Gasteiger partial charge < -0.3 is 5.32 Å². The van der Waals surface area contributed by atoms with Crippen molar-refractivity contribution in [3.8, 4) is 6.07 Å². The van der Waals surface area contributed by atoms with Crippen LogP contribution < -0.4 is 5.32 Å². The molecule has 104 valence electrons. The SMILES string of the molecule is N#Cc1ccc(C(=O)Nc2c(F)cccc2[N+](=O)[O-])cc1. The number of hydrogen-bond acceptors (Lipinski definition) is 4. The van der Waals surface area contributed by atoms with Gasteiger partial charge in [-0.2, -0.15) is 5.26 Å². The van der Waals surface area contributed by atoms with E-state index in [0.29, 0.717) is 5.56 Å². The minimum absolute atomic E-state index is 0.159. The number of nitrogens with one attached hydrogen (secondary N) is 1. The average Bonchev–Trinajstić information content (AvgIpc) is 2.49. The van der Waals surface area contributed by atoms with Crippen LogP contribution in [0.3, 0.4) is 0 Å². The van der Waals surface area contributed by atoms with E-state index in [-0.39, 0.29) is 5.56 Å². The number of anilines is 1. The van der Waals surface area contributed by atoms with Crippen molar-refractivity contribution >= 4 is 17.3 Å². The molecule has 0 bridgehead atoms. The molecule has 0 heterocycles. The Balaban J connectivity index is 2.31. The first-order chi connectivity index (χ1) is 10.0. The van der Waals surface area contributed by atoms with Gasteiger partial charge in [-0.25, -0.2) is 4.39 Å². The summed E-state index contributed by atoms with van der Waals surface area (Å²) in [6.07, 6.45) is 0. The molecule has 0 aromatic heterocycles. The summed E-state index contributed by atoms with van der Waals surface area (Å²) in [6.45, 7) is 0. The Morgan fingerprint density at radius 2 is 1.90 bits per heavy atom. The predicted octanol–water partition coefficient (Wildman–Crippen LogP) is 2.86. The summed E-state index contributed by atoms with van der Waals surface area (Å²) in [5, 5.41) is 21.7. The molecule has 2 rings (SSSR count). The van der Waals surface area contributed by atoms with E-state index in [1.54, 1.807) is 0 Å². The first-order valence-electron chi connectivity index (χ1n) is 5.77. The van der Waals surface area contributed by atoms with E-state index in [2.05, 4.69) is 5.32 Å². The van der Waals surface area contributed by atoms with Gasteiger partial charge in [-0.05, 0) is 30.3 Å². The monoisotopic (exact) mass is 285 g/mol. The Labute approximate surface area is 118 Å². The van der Waals surface area contributed by atoms with Gasteiger partial charge in [-0.1, -0.05) is 6.07 Å². The molecule has 0 aliphatic rings. The van der Waals surface area contributed by atoms with Crippen molar-refractivity contribution in [2.75, 3.05) is 5.32 Å². The zero-order chi connectivity index (χ0) is 15.4. The summed E-state index contributed by atoms with van der Waals surface area (Å²) in [6, 6.07) is 10.8. The Kier molecular flexibility index (Phi) is 3.90. The van der Waals surface area contributed by atoms with Crippen LogP contribution in [0, 0.1) is 27.3 Å². The second-order valence-corrected chi connectivity index (χ2v) is 4.03. The van der Waals surface area contributed by atoms with Crippen molar-refractivity contribution in [3.05, 3.63) is 69.5 Å². The van der Waals surface area contributed by atoms with Crippen LogP contribution in [0.2, 0.25) is 0 Å². The lowest BCUT2D eigenvalue weighted by atomic mass is 10.1. The number of rotatable bonds is 3. The fraction of sp³-hybridized carbons (Fsp3) is 0. The van der Waals surface area contributed by atoms with Crippen molar-refractivity contribution in [3.63, 3.8) is 0 Å². The van der Waals surface area contributed by atoms with Crippen LogP contribution in [0.4, 0.5) is 15.8 Å². The molecule has 0 saturated carbocycles. The van der Waals surface area contributed by atoms with Gasteiger partial charge in [0.25, 0.3) is 11.6 Å². The standard InChI is InChI=1S/C14H8FN3O3/c15-11-2-1-3-12(18(20)21)13(11)17-14(19)10-6-4-9(8-16)5-7-10/h1-7H,(H,17,19). The summed E-state index contributed by atoms with van der Waals surface area (Å²) < 4.78 is 13.6. The molecule has 6 nitrogen and oxygen atoms in total. The van der Waals surface area contributed by atoms with E-state index in [1.807, 2.05) is 6.07 Å². The molecule has 7 heteroatoms. The lowest BCUT2D eigenvalue weighted by Crippen LogP contribution is -2.14. The Morgan fingerprint density at radius 1 is 1.24 bits per heavy atom. The van der Waals surface area contributed by atoms with Gasteiger partial charge in [0, 0.05) is 11.6 Å². The molecule has 0 fully saturated rings. The normalized spacial score (nSPS) is 9.71. The van der Waals surface area contributed by atoms with Crippen molar-refractivity contribution < 1.29 is 14.1 Å². The van der Waals surface area contributed by atoms with Crippen molar-refractivity contribution in [1.82, 2.24) is 0 Å². The van der Waals surface area contributed by atoms with Gasteiger partial charge in [-0.15, -0.1) is 0 Å². The summed E-state index contributed by atoms with van der Waals surface area (Å²) in [7, 11) is 0. The van der Waals surface area contributed by atoms with Gasteiger partial charge in [-0.3, -0.25) is 14.9 Å². The van der Waals surface area contributed by atoms with Crippen molar-refractivity contribution in [2.24, 2.45) is 0 Å². The minimum Gasteiger partial charge on any atom is -0.314 e. The summed E-state index contributed by atoms with van der Waals surface area (Å²) in [5.74, 6) is -1.60. The molecule has 0 aliphatic carbocycles. The third kappa shape index (κ3) is 3.01. The molecule has 0 atom stereocenters. The van der Waals surface area contributed by atoms with E-state index in [9.17, 15) is 19.3 Å². The number of amides is 1. The smallest absolute Gasteiger partial charge is 0.295 e. The first kappa shape index (κ1) is 14.1. The molecule has 0 aliphatic heterocycles. The van der Waals surface area contributed by atoms with Crippen LogP contribution in [0.1, 0.15) is 15.9 Å². The average molecular weight is 285 g/mol. The summed E-state index contributed by atoms with van der Waals surface area (Å²) in [5.41, 5.74) is -0.496. The number of nitro groups is 1. The molecule has 0 unspecified atom stereocenters. The maximum absolute atomic E-state index is 13.6. The molecular formula is C14H8FN3O3. The maximum Gasteiger partial charge on any atom is 0.295 e. The first-order valence-corrected chi connectivity index (χ1v) is 5.77. The highest BCUT2D eigenvalue weighted by molar-refractivity contribution is 6.05. The third-order valence-electron chi connectivity index (χ3n) is 2.70. The topological polar surface area (TPSA) is 96.0 Å². The van der Waals surface area contributed by atoms with Gasteiger partial charge in [0.1, 0.15) is 0 Å². The third-order valence-corrected chi connectivity index (χ3v) is 2.70. The highest BCUT2D eigenvalue weighted by atomic mass is 19.1. The van der Waals surface area contributed by atoms with Crippen LogP contribution >= 0.6 is 0 Å². The molecular weight excluding hydrogens is 277 g/mol. The molecule has 2 aromatic rings. The van der Waals surface area contributed by atoms with Crippen LogP contribution in [-0.2, 0) is 0 Å². The van der Waals surface area contributed by atoms with E-state index in [1.165, 1.54) is 30.3 Å². The number of benzene rings is 2. The zero-order valence-electron chi connectivity index (χ0n) is 10.5. The van der Waals surface area contributed by atoms with E-state index in [4.69, 9.17) is 5.26 Å². The number of hydrogen-bond donors (Lipinski definition) is 1. The molecule has 0 spiro atoms. The number of nitrogens with zero attached hydrogens (tertiary/aromatic N) is 2. The maximum atomic E-state index is 13.6. The van der Waals surface area contributed by atoms with Gasteiger partial charge in [0.05, 0.1) is 16.6 Å². The van der Waals surface area contributed by atoms with E-state index in [0.717, 1.165) is 12.1 Å². The Bertz CT molecular complexity index is 751. The van der Waals surface area contributed by atoms with E-state index < -0.39 is 28.0 Å². The molecule has 2 aromatic carbocycles. The van der Waals surface area contributed by atoms with Gasteiger partial charge >= 0.3 is 0 Å². The number of halogens is 1. The quantitative estimate of drug-likeness (QED) is 0.692. The number of nitro benzene ring substituents is 1. The van der Waals surface area contributed by atoms with Crippen LogP contribution in [0.25, 0.3) is 0 Å². The Hall–Kier alpha value is -3.27. The van der Waals surface area contributed by atoms with Crippen molar-refractivity contribution in [1.29, 1.82) is 5.26 Å². The Morgan fingerprint density at radius 3 is 2.48 bits per heavy atom. The van der Waals surface area contributed by atoms with Gasteiger partial charge in [0.2, 0.25) is 0 Å². The highest BCUT2D eigenvalue weighted by Gasteiger charge is 2.20. The van der Waals surface area contributed by atoms with Crippen molar-refractivity contribution in [2.45, 2.75) is 0 Å². The molecule has 21 heavy (non-hydrogen) atoms. The molecule has 1 N–H and O–H groups in total. The number of carbonyl (C=O) groups is 1. The van der Waals surface area contributed by atoms with Gasteiger partial charge in [0.15, 0.2) is 11.5 Å². The second-order valence-electron chi connectivity index (χ2n) is 4.03. The molecule has 0 radical (unpaired) electrons. The highest BCUT2D eigenvalue weighted by Crippen LogP contribution is 2.27. The zero-order valence-corrected chi connectivity index (χ0v) is 10.5. The number of nitriles is 1. The largest absolute Gasteiger partial charge is 0.314 e. The molecule has 0 saturated heterocycles. The lowest BCUT2D eigenvalue weighted by Gasteiger charge is -2.07. The van der Waals surface area contributed by atoms with Crippen LogP contribution in [0.15, 0.2) is 42.5 Å². The van der Waals surface area contributed by atoms with E-state index >= 15 is 0 Å². The second kappa shape index (κ2) is 5.79. The number of para-hydroxylation sites is 1.